The third kappa shape index (κ3) is 2.96. The highest BCUT2D eigenvalue weighted by Gasteiger charge is 2.28. The third-order valence-corrected chi connectivity index (χ3v) is 3.98. The number of fused-ring (bicyclic) bond motifs is 1. The molecule has 1 fully saturated rings. The zero-order valence-corrected chi connectivity index (χ0v) is 12.1. The lowest BCUT2D eigenvalue weighted by Crippen LogP contribution is -2.48. The standard InChI is InChI=1S/C16H18N2O4/c19-15(18-7-8-22-14(10-18)16(20)21)6-5-11-9-17-13-4-2-1-3-12(11)13/h1-4,9,14,17H,5-8,10H2,(H,20,21). The summed E-state index contributed by atoms with van der Waals surface area (Å²) in [7, 11) is 0. The molecule has 2 heterocycles. The average molecular weight is 302 g/mol. The molecule has 6 heteroatoms. The Morgan fingerprint density at radius 2 is 2.18 bits per heavy atom. The topological polar surface area (TPSA) is 82.6 Å². The van der Waals surface area contributed by atoms with E-state index < -0.39 is 12.1 Å². The number of rotatable bonds is 4. The van der Waals surface area contributed by atoms with Crippen LogP contribution in [0.3, 0.4) is 0 Å². The molecule has 1 aromatic heterocycles. The zero-order chi connectivity index (χ0) is 15.5. The van der Waals surface area contributed by atoms with Crippen LogP contribution in [0.1, 0.15) is 12.0 Å². The molecule has 1 amide bonds. The van der Waals surface area contributed by atoms with Crippen LogP contribution in [0.2, 0.25) is 0 Å². The molecule has 0 aliphatic carbocycles. The van der Waals surface area contributed by atoms with Gasteiger partial charge in [-0.2, -0.15) is 0 Å². The summed E-state index contributed by atoms with van der Waals surface area (Å²) in [4.78, 5) is 28.0. The number of hydrogen-bond donors (Lipinski definition) is 2. The van der Waals surface area contributed by atoms with Crippen molar-refractivity contribution in [3.8, 4) is 0 Å². The van der Waals surface area contributed by atoms with Crippen LogP contribution in [-0.2, 0) is 20.7 Å². The third-order valence-electron chi connectivity index (χ3n) is 3.98. The van der Waals surface area contributed by atoms with Crippen LogP contribution in [0.25, 0.3) is 10.9 Å². The van der Waals surface area contributed by atoms with E-state index in [4.69, 9.17) is 9.84 Å². The molecule has 22 heavy (non-hydrogen) atoms. The summed E-state index contributed by atoms with van der Waals surface area (Å²) >= 11 is 0. The first kappa shape index (κ1) is 14.6. The monoisotopic (exact) mass is 302 g/mol. The van der Waals surface area contributed by atoms with Crippen LogP contribution in [0.5, 0.6) is 0 Å². The molecule has 6 nitrogen and oxygen atoms in total. The number of amides is 1. The number of ether oxygens (including phenoxy) is 1. The Labute approximate surface area is 127 Å². The van der Waals surface area contributed by atoms with Gasteiger partial charge in [0.2, 0.25) is 5.91 Å². The summed E-state index contributed by atoms with van der Waals surface area (Å²) in [6.45, 7) is 0.855. The van der Waals surface area contributed by atoms with Crippen LogP contribution in [-0.4, -0.2) is 52.7 Å². The number of nitrogens with one attached hydrogen (secondary N) is 1. The molecular formula is C16H18N2O4. The van der Waals surface area contributed by atoms with Crippen LogP contribution in [0.4, 0.5) is 0 Å². The van der Waals surface area contributed by atoms with Crippen LogP contribution < -0.4 is 0 Å². The minimum atomic E-state index is -1.02. The highest BCUT2D eigenvalue weighted by Crippen LogP contribution is 2.19. The molecule has 116 valence electrons. The summed E-state index contributed by atoms with van der Waals surface area (Å²) in [5, 5.41) is 10.1. The summed E-state index contributed by atoms with van der Waals surface area (Å²) in [5.74, 6) is -1.05. The second-order valence-corrected chi connectivity index (χ2v) is 5.40. The zero-order valence-electron chi connectivity index (χ0n) is 12.1. The largest absolute Gasteiger partial charge is 0.479 e. The van der Waals surface area contributed by atoms with Gasteiger partial charge in [0.25, 0.3) is 0 Å². The fourth-order valence-electron chi connectivity index (χ4n) is 2.76. The van der Waals surface area contributed by atoms with E-state index in [1.165, 1.54) is 0 Å². The Kier molecular flexibility index (Phi) is 4.11. The minimum absolute atomic E-state index is 0.0279. The molecule has 0 bridgehead atoms. The van der Waals surface area contributed by atoms with Gasteiger partial charge in [0.1, 0.15) is 0 Å². The number of benzene rings is 1. The lowest BCUT2D eigenvalue weighted by atomic mass is 10.1. The molecule has 2 N–H and O–H groups in total. The molecule has 1 unspecified atom stereocenters. The first-order valence-electron chi connectivity index (χ1n) is 7.32. The van der Waals surface area contributed by atoms with Crippen molar-refractivity contribution in [3.05, 3.63) is 36.0 Å². The maximum absolute atomic E-state index is 12.3. The summed E-state index contributed by atoms with van der Waals surface area (Å²) < 4.78 is 5.13. The fraction of sp³-hybridized carbons (Fsp3) is 0.375. The molecule has 0 spiro atoms. The number of para-hydroxylation sites is 1. The van der Waals surface area contributed by atoms with Crippen molar-refractivity contribution in [3.63, 3.8) is 0 Å². The Morgan fingerprint density at radius 1 is 1.36 bits per heavy atom. The van der Waals surface area contributed by atoms with Crippen molar-refractivity contribution in [2.24, 2.45) is 0 Å². The van der Waals surface area contributed by atoms with Gasteiger partial charge in [-0.05, 0) is 18.1 Å². The molecular weight excluding hydrogens is 284 g/mol. The quantitative estimate of drug-likeness (QED) is 0.894. The van der Waals surface area contributed by atoms with Crippen molar-refractivity contribution in [1.29, 1.82) is 0 Å². The molecule has 0 saturated carbocycles. The number of aromatic nitrogens is 1. The normalized spacial score (nSPS) is 18.5. The van der Waals surface area contributed by atoms with Crippen molar-refractivity contribution < 1.29 is 19.4 Å². The number of nitrogens with zero attached hydrogens (tertiary/aromatic N) is 1. The van der Waals surface area contributed by atoms with Gasteiger partial charge in [-0.25, -0.2) is 4.79 Å². The van der Waals surface area contributed by atoms with E-state index in [1.54, 1.807) is 4.90 Å². The van der Waals surface area contributed by atoms with Crippen molar-refractivity contribution in [2.75, 3.05) is 19.7 Å². The van der Waals surface area contributed by atoms with Crippen LogP contribution >= 0.6 is 0 Å². The highest BCUT2D eigenvalue weighted by atomic mass is 16.5. The van der Waals surface area contributed by atoms with E-state index in [0.29, 0.717) is 19.4 Å². The maximum Gasteiger partial charge on any atom is 0.334 e. The number of morpholine rings is 1. The molecule has 2 aromatic rings. The Hall–Kier alpha value is -2.34. The smallest absolute Gasteiger partial charge is 0.334 e. The molecule has 1 saturated heterocycles. The molecule has 3 rings (SSSR count). The maximum atomic E-state index is 12.3. The van der Waals surface area contributed by atoms with Gasteiger partial charge in [-0.15, -0.1) is 0 Å². The van der Waals surface area contributed by atoms with E-state index in [9.17, 15) is 9.59 Å². The number of carboxylic acid groups (broad SMARTS) is 1. The van der Waals surface area contributed by atoms with Crippen molar-refractivity contribution in [1.82, 2.24) is 9.88 Å². The van der Waals surface area contributed by atoms with E-state index in [-0.39, 0.29) is 19.1 Å². The molecule has 0 radical (unpaired) electrons. The molecule has 1 aliphatic rings. The van der Waals surface area contributed by atoms with Crippen molar-refractivity contribution >= 4 is 22.8 Å². The van der Waals surface area contributed by atoms with Gasteiger partial charge in [-0.1, -0.05) is 18.2 Å². The number of H-pyrrole nitrogens is 1. The second kappa shape index (κ2) is 6.19. The minimum Gasteiger partial charge on any atom is -0.479 e. The number of carbonyl (C=O) groups excluding carboxylic acids is 1. The number of aliphatic carboxylic acids is 1. The molecule has 1 atom stereocenters. The Balaban J connectivity index is 1.61. The number of carbonyl (C=O) groups is 2. The van der Waals surface area contributed by atoms with E-state index in [1.807, 2.05) is 30.5 Å². The van der Waals surface area contributed by atoms with Gasteiger partial charge in [0.15, 0.2) is 6.10 Å². The van der Waals surface area contributed by atoms with Crippen LogP contribution in [0.15, 0.2) is 30.5 Å². The highest BCUT2D eigenvalue weighted by molar-refractivity contribution is 5.84. The lowest BCUT2D eigenvalue weighted by molar-refractivity contribution is -0.159. The predicted molar refractivity (Wildman–Crippen MR) is 80.6 cm³/mol. The number of aryl methyl sites for hydroxylation is 1. The van der Waals surface area contributed by atoms with Crippen LogP contribution in [0, 0.1) is 0 Å². The van der Waals surface area contributed by atoms with Gasteiger partial charge in [0, 0.05) is 30.1 Å². The Morgan fingerprint density at radius 3 is 3.00 bits per heavy atom. The molecule has 1 aromatic carbocycles. The fourth-order valence-corrected chi connectivity index (χ4v) is 2.76. The second-order valence-electron chi connectivity index (χ2n) is 5.40. The first-order valence-corrected chi connectivity index (χ1v) is 7.32. The number of aromatic amines is 1. The number of carboxylic acids is 1. The summed E-state index contributed by atoms with van der Waals surface area (Å²) in [6, 6.07) is 7.97. The van der Waals surface area contributed by atoms with Crippen molar-refractivity contribution in [2.45, 2.75) is 18.9 Å². The average Bonchev–Trinajstić information content (AvgIpc) is 2.96. The van der Waals surface area contributed by atoms with Gasteiger partial charge < -0.3 is 19.7 Å². The SMILES string of the molecule is O=C(O)C1CN(C(=O)CCc2c[nH]c3ccccc23)CCO1. The Bertz CT molecular complexity index is 694. The van der Waals surface area contributed by atoms with Gasteiger partial charge >= 0.3 is 5.97 Å². The van der Waals surface area contributed by atoms with E-state index >= 15 is 0 Å². The number of hydrogen-bond acceptors (Lipinski definition) is 3. The first-order chi connectivity index (χ1) is 10.6. The summed E-state index contributed by atoms with van der Waals surface area (Å²) in [6.07, 6.45) is 2.02. The lowest BCUT2D eigenvalue weighted by Gasteiger charge is -2.30. The van der Waals surface area contributed by atoms with Gasteiger partial charge in [-0.3, -0.25) is 4.79 Å². The summed E-state index contributed by atoms with van der Waals surface area (Å²) in [5.41, 5.74) is 2.16. The van der Waals surface area contributed by atoms with E-state index in [0.717, 1.165) is 16.5 Å². The molecule has 1 aliphatic heterocycles. The van der Waals surface area contributed by atoms with Gasteiger partial charge in [0.05, 0.1) is 13.2 Å². The predicted octanol–water partition coefficient (Wildman–Crippen LogP) is 1.41. The van der Waals surface area contributed by atoms with E-state index in [2.05, 4.69) is 4.98 Å².